The van der Waals surface area contributed by atoms with Gasteiger partial charge >= 0.3 is 0 Å². The summed E-state index contributed by atoms with van der Waals surface area (Å²) in [6.07, 6.45) is 8.06. The van der Waals surface area contributed by atoms with Gasteiger partial charge in [0.1, 0.15) is 0 Å². The third-order valence-electron chi connectivity index (χ3n) is 4.64. The molecular weight excluding hydrogens is 160 g/mol. The monoisotopic (exact) mass is 178 g/mol. The van der Waals surface area contributed by atoms with Crippen molar-refractivity contribution in [1.82, 2.24) is 0 Å². The van der Waals surface area contributed by atoms with Gasteiger partial charge in [0.05, 0.1) is 12.7 Å². The van der Waals surface area contributed by atoms with Crippen molar-refractivity contribution in [2.75, 3.05) is 6.61 Å². The highest BCUT2D eigenvalue weighted by Crippen LogP contribution is 2.69. The van der Waals surface area contributed by atoms with E-state index in [0.717, 1.165) is 24.4 Å². The average molecular weight is 178 g/mol. The lowest BCUT2D eigenvalue weighted by atomic mass is 9.40. The zero-order valence-corrected chi connectivity index (χ0v) is 8.49. The van der Waals surface area contributed by atoms with E-state index >= 15 is 0 Å². The Morgan fingerprint density at radius 1 is 1.54 bits per heavy atom. The van der Waals surface area contributed by atoms with Crippen molar-refractivity contribution in [3.8, 4) is 0 Å². The van der Waals surface area contributed by atoms with Crippen molar-refractivity contribution in [2.24, 2.45) is 23.2 Å². The molecule has 0 bridgehead atoms. The minimum Gasteiger partial charge on any atom is -0.377 e. The fraction of sp³-hybridized carbons (Fsp3) is 0.833. The molecule has 5 atom stereocenters. The highest BCUT2D eigenvalue weighted by atomic mass is 16.5. The first kappa shape index (κ1) is 8.05. The number of hydrogen-bond acceptors (Lipinski definition) is 1. The van der Waals surface area contributed by atoms with E-state index < -0.39 is 0 Å². The zero-order valence-electron chi connectivity index (χ0n) is 8.49. The van der Waals surface area contributed by atoms with Gasteiger partial charge in [-0.15, -0.1) is 0 Å². The number of allylic oxidation sites excluding steroid dienone is 1. The van der Waals surface area contributed by atoms with Crippen molar-refractivity contribution in [1.29, 1.82) is 0 Å². The highest BCUT2D eigenvalue weighted by molar-refractivity contribution is 5.33. The molecule has 72 valence electrons. The van der Waals surface area contributed by atoms with Crippen molar-refractivity contribution < 1.29 is 4.74 Å². The van der Waals surface area contributed by atoms with Crippen LogP contribution in [0.5, 0.6) is 0 Å². The maximum Gasteiger partial charge on any atom is 0.0647 e. The van der Waals surface area contributed by atoms with Gasteiger partial charge in [-0.2, -0.15) is 0 Å². The lowest BCUT2D eigenvalue weighted by Crippen LogP contribution is -2.61. The predicted molar refractivity (Wildman–Crippen MR) is 52.4 cm³/mol. The first-order valence-electron chi connectivity index (χ1n) is 5.61. The van der Waals surface area contributed by atoms with Crippen LogP contribution in [-0.2, 0) is 4.74 Å². The minimum absolute atomic E-state index is 0.487. The Balaban J connectivity index is 1.84. The summed E-state index contributed by atoms with van der Waals surface area (Å²) in [4.78, 5) is 0. The van der Waals surface area contributed by atoms with Gasteiger partial charge in [-0.25, -0.2) is 0 Å². The fourth-order valence-electron chi connectivity index (χ4n) is 3.90. The third-order valence-corrected chi connectivity index (χ3v) is 4.64. The molecule has 0 aromatic heterocycles. The summed E-state index contributed by atoms with van der Waals surface area (Å²) in [5.74, 6) is 2.67. The first-order chi connectivity index (χ1) is 6.30. The molecule has 1 unspecified atom stereocenters. The van der Waals surface area contributed by atoms with Crippen molar-refractivity contribution in [2.45, 2.75) is 32.8 Å². The van der Waals surface area contributed by atoms with E-state index in [1.807, 2.05) is 0 Å². The van der Waals surface area contributed by atoms with Crippen molar-refractivity contribution in [3.05, 3.63) is 12.2 Å². The van der Waals surface area contributed by atoms with Gasteiger partial charge in [-0.1, -0.05) is 25.5 Å². The zero-order chi connectivity index (χ0) is 9.05. The summed E-state index contributed by atoms with van der Waals surface area (Å²) in [5.41, 5.74) is 0.500. The van der Waals surface area contributed by atoms with Crippen LogP contribution >= 0.6 is 0 Å². The highest BCUT2D eigenvalue weighted by Gasteiger charge is 2.68. The average Bonchev–Trinajstić information content (AvgIpc) is 2.40. The minimum atomic E-state index is 0.487. The first-order valence-corrected chi connectivity index (χ1v) is 5.61. The molecule has 0 aromatic rings. The summed E-state index contributed by atoms with van der Waals surface area (Å²) in [5, 5.41) is 0. The second-order valence-electron chi connectivity index (χ2n) is 4.92. The Morgan fingerprint density at radius 2 is 2.38 bits per heavy atom. The van der Waals surface area contributed by atoms with Gasteiger partial charge in [0.25, 0.3) is 0 Å². The van der Waals surface area contributed by atoms with Gasteiger partial charge in [0.2, 0.25) is 0 Å². The molecule has 0 amide bonds. The molecule has 2 fully saturated rings. The van der Waals surface area contributed by atoms with E-state index in [1.165, 1.54) is 12.8 Å². The van der Waals surface area contributed by atoms with Crippen LogP contribution in [0.4, 0.5) is 0 Å². The normalized spacial score (nSPS) is 56.5. The lowest BCUT2D eigenvalue weighted by Gasteiger charge is -2.62. The van der Waals surface area contributed by atoms with E-state index in [1.54, 1.807) is 0 Å². The van der Waals surface area contributed by atoms with Crippen LogP contribution in [0.1, 0.15) is 26.7 Å². The standard InChI is InChI=1S/C12H18O/c1-3-4-9-10-5-6-12(10)8(2)13-7-11(9)12/h5-6,8-11H,3-4,7H2,1-2H3/t8-,9-,10+,11+,12?/m1/s1. The molecule has 1 aliphatic heterocycles. The van der Waals surface area contributed by atoms with Crippen LogP contribution in [0.25, 0.3) is 0 Å². The maximum atomic E-state index is 5.79. The molecule has 0 N–H and O–H groups in total. The number of ether oxygens (including phenoxy) is 1. The van der Waals surface area contributed by atoms with Crippen molar-refractivity contribution in [3.63, 3.8) is 0 Å². The summed E-state index contributed by atoms with van der Waals surface area (Å²) in [6, 6.07) is 0. The van der Waals surface area contributed by atoms with Crippen LogP contribution < -0.4 is 0 Å². The van der Waals surface area contributed by atoms with Crippen LogP contribution in [0.2, 0.25) is 0 Å². The Labute approximate surface area is 80.2 Å². The van der Waals surface area contributed by atoms with Gasteiger partial charge in [-0.05, 0) is 31.1 Å². The largest absolute Gasteiger partial charge is 0.377 e. The van der Waals surface area contributed by atoms with E-state index in [9.17, 15) is 0 Å². The van der Waals surface area contributed by atoms with E-state index in [0.29, 0.717) is 11.5 Å². The van der Waals surface area contributed by atoms with Gasteiger partial charge in [0, 0.05) is 5.41 Å². The molecule has 2 aliphatic carbocycles. The predicted octanol–water partition coefficient (Wildman–Crippen LogP) is 2.62. The van der Waals surface area contributed by atoms with Gasteiger partial charge < -0.3 is 4.74 Å². The topological polar surface area (TPSA) is 9.23 Å². The summed E-state index contributed by atoms with van der Waals surface area (Å²) < 4.78 is 5.79. The molecule has 3 aliphatic rings. The maximum absolute atomic E-state index is 5.79. The van der Waals surface area contributed by atoms with Gasteiger partial charge in [-0.3, -0.25) is 0 Å². The molecule has 1 nitrogen and oxygen atoms in total. The van der Waals surface area contributed by atoms with Crippen LogP contribution in [0, 0.1) is 23.2 Å². The van der Waals surface area contributed by atoms with E-state index in [2.05, 4.69) is 26.0 Å². The number of hydrogen-bond donors (Lipinski definition) is 0. The molecule has 0 aromatic carbocycles. The van der Waals surface area contributed by atoms with E-state index in [-0.39, 0.29) is 0 Å². The molecule has 13 heavy (non-hydrogen) atoms. The quantitative estimate of drug-likeness (QED) is 0.591. The molecule has 1 saturated carbocycles. The molecule has 0 radical (unpaired) electrons. The van der Waals surface area contributed by atoms with Crippen LogP contribution in [0.15, 0.2) is 12.2 Å². The molecule has 3 rings (SSSR count). The summed E-state index contributed by atoms with van der Waals surface area (Å²) in [6.45, 7) is 5.56. The van der Waals surface area contributed by atoms with E-state index in [4.69, 9.17) is 4.74 Å². The molecule has 1 spiro atoms. The molecule has 1 heterocycles. The Bertz CT molecular complexity index is 258. The second kappa shape index (κ2) is 2.38. The van der Waals surface area contributed by atoms with Crippen molar-refractivity contribution >= 4 is 0 Å². The Morgan fingerprint density at radius 3 is 3.00 bits per heavy atom. The van der Waals surface area contributed by atoms with Crippen LogP contribution in [-0.4, -0.2) is 12.7 Å². The Kier molecular flexibility index (Phi) is 1.48. The van der Waals surface area contributed by atoms with Gasteiger partial charge in [0.15, 0.2) is 0 Å². The SMILES string of the molecule is CCC[C@@H]1[C@@H]2C=CC23[C@@H](C)OC[C@@H]13. The third kappa shape index (κ3) is 0.698. The molecular formula is C12H18O. The summed E-state index contributed by atoms with van der Waals surface area (Å²) in [7, 11) is 0. The number of rotatable bonds is 2. The molecule has 1 heteroatoms. The van der Waals surface area contributed by atoms with Crippen LogP contribution in [0.3, 0.4) is 0 Å². The molecule has 1 saturated heterocycles. The second-order valence-corrected chi connectivity index (χ2v) is 4.92. The smallest absolute Gasteiger partial charge is 0.0647 e. The summed E-state index contributed by atoms with van der Waals surface area (Å²) >= 11 is 0. The fourth-order valence-corrected chi connectivity index (χ4v) is 3.90. The Hall–Kier alpha value is -0.300. The lowest BCUT2D eigenvalue weighted by molar-refractivity contribution is -0.0715.